The fraction of sp³-hybridized carbons (Fsp3) is 0.333. The topological polar surface area (TPSA) is 61.9 Å². The highest BCUT2D eigenvalue weighted by Crippen LogP contribution is 2.35. The van der Waals surface area contributed by atoms with Crippen molar-refractivity contribution in [3.63, 3.8) is 0 Å². The van der Waals surface area contributed by atoms with Gasteiger partial charge in [-0.2, -0.15) is 0 Å². The van der Waals surface area contributed by atoms with Gasteiger partial charge < -0.3 is 15.0 Å². The molecule has 3 rings (SSSR count). The van der Waals surface area contributed by atoms with Crippen molar-refractivity contribution in [2.45, 2.75) is 19.8 Å². The van der Waals surface area contributed by atoms with Gasteiger partial charge in [-0.25, -0.2) is 4.39 Å². The van der Waals surface area contributed by atoms with E-state index in [0.717, 1.165) is 25.9 Å². The number of para-hydroxylation sites is 2. The molecule has 0 unspecified atom stereocenters. The van der Waals surface area contributed by atoms with Crippen LogP contribution >= 0.6 is 0 Å². The monoisotopic (exact) mass is 425 g/mol. The Morgan fingerprint density at radius 3 is 2.77 bits per heavy atom. The quantitative estimate of drug-likeness (QED) is 0.626. The van der Waals surface area contributed by atoms with Gasteiger partial charge in [0, 0.05) is 13.1 Å². The SMILES string of the molecule is CCCCN(C)CCNC(=O)CN1C(=O)/C(=C\c2cccc(F)c2)Oc2ccccc21. The van der Waals surface area contributed by atoms with Gasteiger partial charge in [-0.3, -0.25) is 14.5 Å². The second-order valence-corrected chi connectivity index (χ2v) is 7.53. The first-order valence-electron chi connectivity index (χ1n) is 10.5. The van der Waals surface area contributed by atoms with Crippen molar-refractivity contribution in [3.8, 4) is 5.75 Å². The number of nitrogens with one attached hydrogen (secondary N) is 1. The molecule has 2 aromatic rings. The second kappa shape index (κ2) is 10.7. The summed E-state index contributed by atoms with van der Waals surface area (Å²) in [5, 5.41) is 2.88. The lowest BCUT2D eigenvalue weighted by molar-refractivity contribution is -0.123. The average molecular weight is 426 g/mol. The maximum absolute atomic E-state index is 13.5. The van der Waals surface area contributed by atoms with Gasteiger partial charge in [0.1, 0.15) is 12.4 Å². The molecule has 0 aromatic heterocycles. The van der Waals surface area contributed by atoms with Gasteiger partial charge in [-0.1, -0.05) is 37.6 Å². The molecule has 1 N–H and O–H groups in total. The molecule has 164 valence electrons. The maximum atomic E-state index is 13.5. The normalized spacial score (nSPS) is 14.5. The van der Waals surface area contributed by atoms with Crippen LogP contribution in [0.4, 0.5) is 10.1 Å². The molecule has 1 aliphatic heterocycles. The number of anilines is 1. The first-order chi connectivity index (χ1) is 15.0. The molecule has 0 radical (unpaired) electrons. The van der Waals surface area contributed by atoms with Gasteiger partial charge in [0.15, 0.2) is 11.5 Å². The molecule has 0 spiro atoms. The number of hydrogen-bond donors (Lipinski definition) is 1. The van der Waals surface area contributed by atoms with Crippen molar-refractivity contribution < 1.29 is 18.7 Å². The highest BCUT2D eigenvalue weighted by Gasteiger charge is 2.31. The Morgan fingerprint density at radius 2 is 2.00 bits per heavy atom. The molecule has 0 aliphatic carbocycles. The molecule has 1 aliphatic rings. The Bertz CT molecular complexity index is 961. The summed E-state index contributed by atoms with van der Waals surface area (Å²) in [4.78, 5) is 29.2. The molecule has 0 atom stereocenters. The first kappa shape index (κ1) is 22.5. The second-order valence-electron chi connectivity index (χ2n) is 7.53. The summed E-state index contributed by atoms with van der Waals surface area (Å²) in [5.74, 6) is -0.594. The van der Waals surface area contributed by atoms with E-state index in [4.69, 9.17) is 4.74 Å². The summed E-state index contributed by atoms with van der Waals surface area (Å²) in [6, 6.07) is 12.9. The van der Waals surface area contributed by atoms with Crippen LogP contribution in [0.1, 0.15) is 25.3 Å². The molecule has 0 bridgehead atoms. The van der Waals surface area contributed by atoms with E-state index in [1.807, 2.05) is 7.05 Å². The number of carbonyl (C=O) groups excluding carboxylic acids is 2. The van der Waals surface area contributed by atoms with Crippen molar-refractivity contribution >= 4 is 23.6 Å². The third-order valence-corrected chi connectivity index (χ3v) is 4.99. The Kier molecular flexibility index (Phi) is 7.78. The number of nitrogens with zero attached hydrogens (tertiary/aromatic N) is 2. The lowest BCUT2D eigenvalue weighted by Crippen LogP contribution is -2.45. The number of carbonyl (C=O) groups is 2. The first-order valence-corrected chi connectivity index (χ1v) is 10.5. The van der Waals surface area contributed by atoms with E-state index in [0.29, 0.717) is 23.5 Å². The number of likely N-dealkylation sites (N-methyl/N-ethyl adjacent to an activating group) is 1. The Morgan fingerprint density at radius 1 is 1.19 bits per heavy atom. The van der Waals surface area contributed by atoms with Gasteiger partial charge in [-0.05, 0) is 55.9 Å². The van der Waals surface area contributed by atoms with Crippen LogP contribution in [0.3, 0.4) is 0 Å². The summed E-state index contributed by atoms with van der Waals surface area (Å²) in [7, 11) is 2.02. The van der Waals surface area contributed by atoms with E-state index in [1.54, 1.807) is 36.4 Å². The summed E-state index contributed by atoms with van der Waals surface area (Å²) in [6.07, 6.45) is 3.72. The van der Waals surface area contributed by atoms with Crippen molar-refractivity contribution in [2.75, 3.05) is 38.1 Å². The fourth-order valence-corrected chi connectivity index (χ4v) is 3.29. The fourth-order valence-electron chi connectivity index (χ4n) is 3.29. The molecule has 2 amide bonds. The predicted octanol–water partition coefficient (Wildman–Crippen LogP) is 3.44. The highest BCUT2D eigenvalue weighted by atomic mass is 19.1. The smallest absolute Gasteiger partial charge is 0.294 e. The summed E-state index contributed by atoms with van der Waals surface area (Å²) in [5.41, 5.74) is 1.03. The molecule has 6 nitrogen and oxygen atoms in total. The number of fused-ring (bicyclic) bond motifs is 1. The Hall–Kier alpha value is -3.19. The molecule has 7 heteroatoms. The van der Waals surface area contributed by atoms with Crippen LogP contribution in [-0.4, -0.2) is 49.9 Å². The average Bonchev–Trinajstić information content (AvgIpc) is 2.75. The van der Waals surface area contributed by atoms with Gasteiger partial charge >= 0.3 is 0 Å². The lowest BCUT2D eigenvalue weighted by atomic mass is 10.1. The van der Waals surface area contributed by atoms with E-state index < -0.39 is 11.7 Å². The highest BCUT2D eigenvalue weighted by molar-refractivity contribution is 6.12. The summed E-state index contributed by atoms with van der Waals surface area (Å²) < 4.78 is 19.3. The van der Waals surface area contributed by atoms with Crippen LogP contribution in [0, 0.1) is 5.82 Å². The number of halogens is 1. The van der Waals surface area contributed by atoms with Gasteiger partial charge in [0.25, 0.3) is 5.91 Å². The van der Waals surface area contributed by atoms with Gasteiger partial charge in [-0.15, -0.1) is 0 Å². The lowest BCUT2D eigenvalue weighted by Gasteiger charge is -2.30. The third kappa shape index (κ3) is 6.15. The molecule has 31 heavy (non-hydrogen) atoms. The van der Waals surface area contributed by atoms with Gasteiger partial charge in [0.05, 0.1) is 5.69 Å². The van der Waals surface area contributed by atoms with Crippen LogP contribution in [0.25, 0.3) is 6.08 Å². The molecular weight excluding hydrogens is 397 g/mol. The molecular formula is C24H28FN3O3. The Balaban J connectivity index is 1.71. The molecule has 1 heterocycles. The minimum absolute atomic E-state index is 0.0383. The summed E-state index contributed by atoms with van der Waals surface area (Å²) >= 11 is 0. The van der Waals surface area contributed by atoms with Gasteiger partial charge in [0.2, 0.25) is 5.91 Å². The molecule has 2 aromatic carbocycles. The van der Waals surface area contributed by atoms with Crippen LogP contribution in [0.15, 0.2) is 54.3 Å². The number of ether oxygens (including phenoxy) is 1. The van der Waals surface area contributed by atoms with E-state index >= 15 is 0 Å². The standard InChI is InChI=1S/C24H28FN3O3/c1-3-4-13-27(2)14-12-26-23(29)17-28-20-10-5-6-11-21(20)31-22(24(28)30)16-18-8-7-9-19(25)15-18/h5-11,15-16H,3-4,12-14,17H2,1-2H3,(H,26,29)/b22-16+. The zero-order valence-electron chi connectivity index (χ0n) is 17.9. The van der Waals surface area contributed by atoms with Crippen molar-refractivity contribution in [1.29, 1.82) is 0 Å². The maximum Gasteiger partial charge on any atom is 0.294 e. The number of hydrogen-bond acceptors (Lipinski definition) is 4. The number of unbranched alkanes of at least 4 members (excludes halogenated alkanes) is 1. The van der Waals surface area contributed by atoms with Crippen LogP contribution in [0.5, 0.6) is 5.75 Å². The minimum atomic E-state index is -0.446. The van der Waals surface area contributed by atoms with Crippen molar-refractivity contribution in [2.24, 2.45) is 0 Å². The molecule has 0 fully saturated rings. The Labute approximate surface area is 182 Å². The van der Waals surface area contributed by atoms with Crippen molar-refractivity contribution in [3.05, 3.63) is 65.7 Å². The molecule has 0 saturated carbocycles. The van der Waals surface area contributed by atoms with E-state index in [2.05, 4.69) is 17.1 Å². The van der Waals surface area contributed by atoms with E-state index in [9.17, 15) is 14.0 Å². The number of benzene rings is 2. The van der Waals surface area contributed by atoms with E-state index in [-0.39, 0.29) is 18.2 Å². The number of amides is 2. The largest absolute Gasteiger partial charge is 0.449 e. The summed E-state index contributed by atoms with van der Waals surface area (Å²) in [6.45, 7) is 4.24. The predicted molar refractivity (Wildman–Crippen MR) is 119 cm³/mol. The van der Waals surface area contributed by atoms with Crippen molar-refractivity contribution in [1.82, 2.24) is 10.2 Å². The zero-order chi connectivity index (χ0) is 22.2. The zero-order valence-corrected chi connectivity index (χ0v) is 17.9. The van der Waals surface area contributed by atoms with E-state index in [1.165, 1.54) is 23.1 Å². The minimum Gasteiger partial charge on any atom is -0.449 e. The molecule has 0 saturated heterocycles. The van der Waals surface area contributed by atoms with Crippen LogP contribution in [0.2, 0.25) is 0 Å². The third-order valence-electron chi connectivity index (χ3n) is 4.99. The van der Waals surface area contributed by atoms with Crippen LogP contribution < -0.4 is 15.0 Å². The number of rotatable bonds is 9. The van der Waals surface area contributed by atoms with Crippen LogP contribution in [-0.2, 0) is 9.59 Å².